The maximum absolute atomic E-state index is 12.8. The Morgan fingerprint density at radius 2 is 1.81 bits per heavy atom. The van der Waals surface area contributed by atoms with E-state index in [1.54, 1.807) is 26.2 Å². The molecule has 9 nitrogen and oxygen atoms in total. The molecule has 12 heteroatoms. The van der Waals surface area contributed by atoms with Crippen LogP contribution in [0.15, 0.2) is 29.5 Å². The van der Waals surface area contributed by atoms with E-state index in [9.17, 15) is 27.9 Å². The standard InChI is InChI=1S/C20H24F3N5O4/c1-19(2,31)14-11-25-17(26-12-14)27-4-6-28(7-5-27)18(30)32-8-3-13-9-15(20(21,22)23)16(29)24-10-13/h9-12,31H,3-8H2,1-2H3,(H,24,29). The lowest BCUT2D eigenvalue weighted by atomic mass is 10.0. The highest BCUT2D eigenvalue weighted by atomic mass is 19.4. The number of rotatable bonds is 5. The molecule has 2 aromatic rings. The van der Waals surface area contributed by atoms with E-state index in [0.717, 1.165) is 6.07 Å². The van der Waals surface area contributed by atoms with E-state index >= 15 is 0 Å². The number of amides is 1. The summed E-state index contributed by atoms with van der Waals surface area (Å²) >= 11 is 0. The van der Waals surface area contributed by atoms with Crippen molar-refractivity contribution in [1.82, 2.24) is 19.9 Å². The van der Waals surface area contributed by atoms with Crippen LogP contribution in [-0.4, -0.2) is 63.8 Å². The molecule has 0 spiro atoms. The zero-order valence-corrected chi connectivity index (χ0v) is 17.6. The van der Waals surface area contributed by atoms with E-state index in [1.165, 1.54) is 11.1 Å². The first kappa shape index (κ1) is 23.5. The van der Waals surface area contributed by atoms with Crippen LogP contribution in [0.2, 0.25) is 0 Å². The van der Waals surface area contributed by atoms with E-state index < -0.39 is 29.0 Å². The minimum atomic E-state index is -4.75. The van der Waals surface area contributed by atoms with Gasteiger partial charge in [0.15, 0.2) is 0 Å². The molecule has 1 fully saturated rings. The number of aromatic nitrogens is 3. The van der Waals surface area contributed by atoms with Gasteiger partial charge in [-0.15, -0.1) is 0 Å². The molecule has 2 aromatic heterocycles. The highest BCUT2D eigenvalue weighted by Crippen LogP contribution is 2.26. The first-order chi connectivity index (χ1) is 14.9. The Kier molecular flexibility index (Phi) is 6.72. The summed E-state index contributed by atoms with van der Waals surface area (Å²) in [4.78, 5) is 37.5. The number of nitrogens with zero attached hydrogens (tertiary/aromatic N) is 4. The third-order valence-electron chi connectivity index (χ3n) is 5.05. The van der Waals surface area contributed by atoms with Crippen molar-refractivity contribution in [1.29, 1.82) is 0 Å². The molecular weight excluding hydrogens is 431 g/mol. The second-order valence-electron chi connectivity index (χ2n) is 7.92. The first-order valence-electron chi connectivity index (χ1n) is 9.95. The fourth-order valence-corrected chi connectivity index (χ4v) is 3.12. The lowest BCUT2D eigenvalue weighted by Gasteiger charge is -2.34. The Bertz CT molecular complexity index is 994. The number of anilines is 1. The van der Waals surface area contributed by atoms with Gasteiger partial charge in [0.05, 0.1) is 12.2 Å². The van der Waals surface area contributed by atoms with E-state index in [0.29, 0.717) is 37.7 Å². The molecule has 0 saturated carbocycles. The van der Waals surface area contributed by atoms with E-state index in [2.05, 4.69) is 15.0 Å². The third-order valence-corrected chi connectivity index (χ3v) is 5.05. The van der Waals surface area contributed by atoms with E-state index in [4.69, 9.17) is 4.74 Å². The molecule has 0 aliphatic carbocycles. The summed E-state index contributed by atoms with van der Waals surface area (Å²) in [5, 5.41) is 9.97. The number of piperazine rings is 1. The van der Waals surface area contributed by atoms with Crippen LogP contribution < -0.4 is 10.5 Å². The van der Waals surface area contributed by atoms with Crippen LogP contribution in [0.1, 0.15) is 30.5 Å². The molecule has 3 heterocycles. The SMILES string of the molecule is CC(C)(O)c1cnc(N2CCN(C(=O)OCCc3c[nH]c(=O)c(C(F)(F)F)c3)CC2)nc1. The van der Waals surface area contributed by atoms with E-state index in [-0.39, 0.29) is 18.6 Å². The predicted molar refractivity (Wildman–Crippen MR) is 108 cm³/mol. The summed E-state index contributed by atoms with van der Waals surface area (Å²) in [5.74, 6) is 0.490. The Hall–Kier alpha value is -3.15. The topological polar surface area (TPSA) is 112 Å². The quantitative estimate of drug-likeness (QED) is 0.709. The molecule has 1 saturated heterocycles. The number of H-pyrrole nitrogens is 1. The summed E-state index contributed by atoms with van der Waals surface area (Å²) in [6.45, 7) is 4.85. The molecule has 0 aromatic carbocycles. The number of ether oxygens (including phenoxy) is 1. The van der Waals surface area contributed by atoms with Crippen LogP contribution >= 0.6 is 0 Å². The van der Waals surface area contributed by atoms with Crippen molar-refractivity contribution in [2.24, 2.45) is 0 Å². The van der Waals surface area contributed by atoms with Crippen molar-refractivity contribution in [3.05, 3.63) is 51.7 Å². The fourth-order valence-electron chi connectivity index (χ4n) is 3.12. The molecule has 0 unspecified atom stereocenters. The number of alkyl halides is 3. The second kappa shape index (κ2) is 9.15. The minimum Gasteiger partial charge on any atom is -0.449 e. The van der Waals surface area contributed by atoms with Crippen molar-refractivity contribution in [3.63, 3.8) is 0 Å². The highest BCUT2D eigenvalue weighted by molar-refractivity contribution is 5.68. The Morgan fingerprint density at radius 3 is 2.38 bits per heavy atom. The number of nitrogens with one attached hydrogen (secondary N) is 1. The summed E-state index contributed by atoms with van der Waals surface area (Å²) in [6, 6.07) is 0.759. The normalized spacial score (nSPS) is 15.1. The van der Waals surface area contributed by atoms with Crippen molar-refractivity contribution in [2.75, 3.05) is 37.7 Å². The number of carbonyl (C=O) groups excluding carboxylic acids is 1. The van der Waals surface area contributed by atoms with Crippen LogP contribution in [0.4, 0.5) is 23.9 Å². The third kappa shape index (κ3) is 5.75. The minimum absolute atomic E-state index is 0.0347. The molecule has 0 atom stereocenters. The number of carbonyl (C=O) groups is 1. The zero-order valence-electron chi connectivity index (χ0n) is 17.6. The molecule has 0 bridgehead atoms. The average Bonchev–Trinajstić information content (AvgIpc) is 2.73. The van der Waals surface area contributed by atoms with Gasteiger partial charge in [-0.2, -0.15) is 13.2 Å². The number of aliphatic hydroxyl groups is 1. The maximum atomic E-state index is 12.8. The van der Waals surface area contributed by atoms with Gasteiger partial charge < -0.3 is 24.6 Å². The van der Waals surface area contributed by atoms with Gasteiger partial charge in [-0.1, -0.05) is 0 Å². The smallest absolute Gasteiger partial charge is 0.421 e. The predicted octanol–water partition coefficient (Wildman–Crippen LogP) is 1.91. The number of halogens is 3. The van der Waals surface area contributed by atoms with Gasteiger partial charge in [0.25, 0.3) is 5.56 Å². The van der Waals surface area contributed by atoms with Crippen molar-refractivity contribution in [2.45, 2.75) is 32.0 Å². The lowest BCUT2D eigenvalue weighted by Crippen LogP contribution is -2.49. The number of aromatic amines is 1. The largest absolute Gasteiger partial charge is 0.449 e. The number of pyridine rings is 1. The average molecular weight is 455 g/mol. The molecule has 174 valence electrons. The summed E-state index contributed by atoms with van der Waals surface area (Å²) in [7, 11) is 0. The van der Waals surface area contributed by atoms with Gasteiger partial charge in [-0.05, 0) is 25.5 Å². The van der Waals surface area contributed by atoms with Crippen LogP contribution in [0, 0.1) is 0 Å². The monoisotopic (exact) mass is 455 g/mol. The summed E-state index contributed by atoms with van der Waals surface area (Å²) < 4.78 is 43.6. The van der Waals surface area contributed by atoms with Crippen molar-refractivity contribution in [3.8, 4) is 0 Å². The number of hydrogen-bond donors (Lipinski definition) is 2. The first-order valence-corrected chi connectivity index (χ1v) is 9.95. The van der Waals surface area contributed by atoms with Crippen molar-refractivity contribution >= 4 is 12.0 Å². The van der Waals surface area contributed by atoms with Gasteiger partial charge in [-0.25, -0.2) is 14.8 Å². The Morgan fingerprint density at radius 1 is 1.19 bits per heavy atom. The Labute approximate surface area is 181 Å². The van der Waals surface area contributed by atoms with Gasteiger partial charge in [0.2, 0.25) is 5.95 Å². The molecular formula is C20H24F3N5O4. The summed E-state index contributed by atoms with van der Waals surface area (Å²) in [6.07, 6.45) is -0.990. The molecule has 2 N–H and O–H groups in total. The molecule has 0 radical (unpaired) electrons. The van der Waals surface area contributed by atoms with Gasteiger partial charge in [-0.3, -0.25) is 4.79 Å². The lowest BCUT2D eigenvalue weighted by molar-refractivity contribution is -0.138. The van der Waals surface area contributed by atoms with E-state index in [1.807, 2.05) is 4.90 Å². The van der Waals surface area contributed by atoms with Crippen LogP contribution in [0.5, 0.6) is 0 Å². The molecule has 1 amide bonds. The van der Waals surface area contributed by atoms with Crippen LogP contribution in [0.25, 0.3) is 0 Å². The van der Waals surface area contributed by atoms with Gasteiger partial charge in [0, 0.05) is 56.8 Å². The van der Waals surface area contributed by atoms with Crippen LogP contribution in [0.3, 0.4) is 0 Å². The maximum Gasteiger partial charge on any atom is 0.421 e. The van der Waals surface area contributed by atoms with Crippen LogP contribution in [-0.2, 0) is 22.9 Å². The van der Waals surface area contributed by atoms with Gasteiger partial charge >= 0.3 is 12.3 Å². The molecule has 3 rings (SSSR count). The van der Waals surface area contributed by atoms with Gasteiger partial charge in [0.1, 0.15) is 5.56 Å². The molecule has 1 aliphatic heterocycles. The fraction of sp³-hybridized carbons (Fsp3) is 0.500. The highest BCUT2D eigenvalue weighted by Gasteiger charge is 2.34. The zero-order chi connectivity index (χ0) is 23.5. The second-order valence-corrected chi connectivity index (χ2v) is 7.92. The molecule has 1 aliphatic rings. The summed E-state index contributed by atoms with van der Waals surface area (Å²) in [5.41, 5.74) is -2.73. The Balaban J connectivity index is 1.47. The number of hydrogen-bond acceptors (Lipinski definition) is 7. The molecule has 32 heavy (non-hydrogen) atoms. The van der Waals surface area contributed by atoms with Crippen molar-refractivity contribution < 1.29 is 27.8 Å².